The van der Waals surface area contributed by atoms with Gasteiger partial charge in [0, 0.05) is 0 Å². The number of nitrogens with two attached hydrogens (primary N) is 1. The summed E-state index contributed by atoms with van der Waals surface area (Å²) in [6.45, 7) is 3.72. The molecule has 1 aromatic heterocycles. The molecule has 1 heterocycles. The van der Waals surface area contributed by atoms with E-state index in [1.54, 1.807) is 26.0 Å². The standard InChI is InChI=1S/C15H18N4O3S2.ClH/c1-3-22-11(20)9-23-14-19-18-13(24-14)17-12(21)15(2,16)10-7-5-4-6-8-10;/h4-8H,3,9,16H2,1-2H3,(H,17,18,21);1H. The number of nitrogens with zero attached hydrogens (tertiary/aromatic N) is 2. The van der Waals surface area contributed by atoms with Gasteiger partial charge in [-0.2, -0.15) is 0 Å². The van der Waals surface area contributed by atoms with Crippen molar-refractivity contribution in [2.75, 3.05) is 17.7 Å². The molecule has 0 saturated heterocycles. The van der Waals surface area contributed by atoms with E-state index in [1.165, 1.54) is 23.1 Å². The molecule has 0 aliphatic carbocycles. The highest BCUT2D eigenvalue weighted by Crippen LogP contribution is 2.27. The summed E-state index contributed by atoms with van der Waals surface area (Å²) in [4.78, 5) is 23.7. The van der Waals surface area contributed by atoms with E-state index in [-0.39, 0.29) is 30.0 Å². The molecule has 1 atom stereocenters. The minimum absolute atomic E-state index is 0. The van der Waals surface area contributed by atoms with Crippen molar-refractivity contribution in [3.63, 3.8) is 0 Å². The second-order valence-electron chi connectivity index (χ2n) is 4.99. The lowest BCUT2D eigenvalue weighted by molar-refractivity contribution is -0.139. The summed E-state index contributed by atoms with van der Waals surface area (Å²) in [5, 5.41) is 10.8. The van der Waals surface area contributed by atoms with Gasteiger partial charge >= 0.3 is 5.97 Å². The van der Waals surface area contributed by atoms with Crippen LogP contribution < -0.4 is 11.1 Å². The molecule has 136 valence electrons. The molecule has 0 aliphatic heterocycles. The number of ether oxygens (including phenoxy) is 1. The summed E-state index contributed by atoms with van der Waals surface area (Å²) in [6, 6.07) is 9.08. The van der Waals surface area contributed by atoms with Gasteiger partial charge < -0.3 is 10.5 Å². The molecule has 1 unspecified atom stereocenters. The van der Waals surface area contributed by atoms with Crippen molar-refractivity contribution in [3.05, 3.63) is 35.9 Å². The number of rotatable bonds is 7. The Bertz CT molecular complexity index is 710. The summed E-state index contributed by atoms with van der Waals surface area (Å²) >= 11 is 2.39. The molecule has 0 bridgehead atoms. The lowest BCUT2D eigenvalue weighted by Crippen LogP contribution is -2.45. The Hall–Kier alpha value is -1.68. The van der Waals surface area contributed by atoms with Gasteiger partial charge in [-0.15, -0.1) is 22.6 Å². The molecule has 3 N–H and O–H groups in total. The van der Waals surface area contributed by atoms with Crippen LogP contribution in [-0.2, 0) is 19.9 Å². The Balaban J connectivity index is 0.00000312. The Morgan fingerprint density at radius 2 is 2.00 bits per heavy atom. The molecular formula is C15H19ClN4O3S2. The number of nitrogens with one attached hydrogen (secondary N) is 1. The van der Waals surface area contributed by atoms with Crippen LogP contribution in [0.5, 0.6) is 0 Å². The molecule has 25 heavy (non-hydrogen) atoms. The Labute approximate surface area is 160 Å². The molecule has 0 radical (unpaired) electrons. The van der Waals surface area contributed by atoms with Gasteiger partial charge in [0.1, 0.15) is 5.54 Å². The highest BCUT2D eigenvalue weighted by Gasteiger charge is 2.31. The molecule has 0 saturated carbocycles. The molecule has 0 aliphatic rings. The fourth-order valence-corrected chi connectivity index (χ4v) is 3.33. The first-order valence-corrected chi connectivity index (χ1v) is 9.01. The first-order valence-electron chi connectivity index (χ1n) is 7.21. The normalized spacial score (nSPS) is 12.6. The summed E-state index contributed by atoms with van der Waals surface area (Å²) in [7, 11) is 0. The molecule has 0 spiro atoms. The third kappa shape index (κ3) is 5.96. The van der Waals surface area contributed by atoms with Crippen LogP contribution in [0.1, 0.15) is 19.4 Å². The van der Waals surface area contributed by atoms with E-state index < -0.39 is 5.54 Å². The fraction of sp³-hybridized carbons (Fsp3) is 0.333. The van der Waals surface area contributed by atoms with Gasteiger partial charge in [-0.1, -0.05) is 53.4 Å². The first kappa shape index (κ1) is 21.4. The van der Waals surface area contributed by atoms with Crippen molar-refractivity contribution in [2.24, 2.45) is 5.73 Å². The molecule has 10 heteroatoms. The number of anilines is 1. The third-order valence-electron chi connectivity index (χ3n) is 3.09. The van der Waals surface area contributed by atoms with Crippen LogP contribution in [0.25, 0.3) is 0 Å². The molecular weight excluding hydrogens is 384 g/mol. The van der Waals surface area contributed by atoms with Crippen LogP contribution in [0, 0.1) is 0 Å². The van der Waals surface area contributed by atoms with E-state index in [9.17, 15) is 9.59 Å². The third-order valence-corrected chi connectivity index (χ3v) is 5.04. The van der Waals surface area contributed by atoms with Crippen molar-refractivity contribution >= 4 is 52.5 Å². The van der Waals surface area contributed by atoms with Crippen molar-refractivity contribution in [3.8, 4) is 0 Å². The second kappa shape index (κ2) is 9.71. The number of thioether (sulfide) groups is 1. The first-order chi connectivity index (χ1) is 11.4. The SMILES string of the molecule is CCOC(=O)CSc1nnc(NC(=O)C(C)(N)c2ccccc2)s1.Cl. The van der Waals surface area contributed by atoms with Crippen molar-refractivity contribution < 1.29 is 14.3 Å². The average molecular weight is 403 g/mol. The van der Waals surface area contributed by atoms with Gasteiger partial charge in [0.25, 0.3) is 5.91 Å². The number of aromatic nitrogens is 2. The summed E-state index contributed by atoms with van der Waals surface area (Å²) in [6.07, 6.45) is 0. The van der Waals surface area contributed by atoms with Gasteiger partial charge in [0.15, 0.2) is 4.34 Å². The minimum Gasteiger partial charge on any atom is -0.465 e. The van der Waals surface area contributed by atoms with Gasteiger partial charge in [-0.3, -0.25) is 14.9 Å². The number of hydrogen-bond donors (Lipinski definition) is 2. The predicted octanol–water partition coefficient (Wildman–Crippen LogP) is 2.43. The maximum atomic E-state index is 12.4. The van der Waals surface area contributed by atoms with Gasteiger partial charge in [0.2, 0.25) is 5.13 Å². The molecule has 2 aromatic rings. The van der Waals surface area contributed by atoms with Crippen LogP contribution >= 0.6 is 35.5 Å². The molecule has 7 nitrogen and oxygen atoms in total. The van der Waals surface area contributed by atoms with Crippen LogP contribution in [0.2, 0.25) is 0 Å². The maximum Gasteiger partial charge on any atom is 0.316 e. The number of amides is 1. The number of carbonyl (C=O) groups excluding carboxylic acids is 2. The zero-order valence-corrected chi connectivity index (χ0v) is 16.2. The van der Waals surface area contributed by atoms with Gasteiger partial charge in [-0.05, 0) is 19.4 Å². The largest absolute Gasteiger partial charge is 0.465 e. The lowest BCUT2D eigenvalue weighted by atomic mass is 9.92. The molecule has 1 amide bonds. The average Bonchev–Trinajstić information content (AvgIpc) is 3.01. The van der Waals surface area contributed by atoms with E-state index in [4.69, 9.17) is 10.5 Å². The number of esters is 1. The zero-order valence-electron chi connectivity index (χ0n) is 13.7. The van der Waals surface area contributed by atoms with Gasteiger partial charge in [-0.25, -0.2) is 0 Å². The number of benzene rings is 1. The Morgan fingerprint density at radius 3 is 2.64 bits per heavy atom. The summed E-state index contributed by atoms with van der Waals surface area (Å²) < 4.78 is 5.41. The summed E-state index contributed by atoms with van der Waals surface area (Å²) in [5.41, 5.74) is 5.65. The van der Waals surface area contributed by atoms with E-state index in [0.717, 1.165) is 0 Å². The van der Waals surface area contributed by atoms with Crippen molar-refractivity contribution in [2.45, 2.75) is 23.7 Å². The van der Waals surface area contributed by atoms with Crippen LogP contribution in [0.15, 0.2) is 34.7 Å². The number of carbonyl (C=O) groups is 2. The van der Waals surface area contributed by atoms with E-state index >= 15 is 0 Å². The fourth-order valence-electron chi connectivity index (χ4n) is 1.78. The molecule has 2 rings (SSSR count). The Kier molecular flexibility index (Phi) is 8.30. The van der Waals surface area contributed by atoms with E-state index in [1.807, 2.05) is 18.2 Å². The monoisotopic (exact) mass is 402 g/mol. The van der Waals surface area contributed by atoms with Crippen LogP contribution in [0.4, 0.5) is 5.13 Å². The topological polar surface area (TPSA) is 107 Å². The highest BCUT2D eigenvalue weighted by molar-refractivity contribution is 8.01. The zero-order chi connectivity index (χ0) is 17.6. The second-order valence-corrected chi connectivity index (χ2v) is 7.19. The lowest BCUT2D eigenvalue weighted by Gasteiger charge is -2.23. The number of halogens is 1. The summed E-state index contributed by atoms with van der Waals surface area (Å²) in [5.74, 6) is -0.552. The molecule has 1 aromatic carbocycles. The van der Waals surface area contributed by atoms with Crippen LogP contribution in [0.3, 0.4) is 0 Å². The molecule has 0 fully saturated rings. The highest BCUT2D eigenvalue weighted by atomic mass is 35.5. The van der Waals surface area contributed by atoms with Crippen molar-refractivity contribution in [1.29, 1.82) is 0 Å². The predicted molar refractivity (Wildman–Crippen MR) is 101 cm³/mol. The van der Waals surface area contributed by atoms with E-state index in [0.29, 0.717) is 21.6 Å². The van der Waals surface area contributed by atoms with Crippen LogP contribution in [-0.4, -0.2) is 34.4 Å². The Morgan fingerprint density at radius 1 is 1.32 bits per heavy atom. The quantitative estimate of drug-likeness (QED) is 0.416. The minimum atomic E-state index is -1.19. The van der Waals surface area contributed by atoms with Crippen molar-refractivity contribution in [1.82, 2.24) is 10.2 Å². The number of hydrogen-bond acceptors (Lipinski definition) is 8. The smallest absolute Gasteiger partial charge is 0.316 e. The maximum absolute atomic E-state index is 12.4. The van der Waals surface area contributed by atoms with E-state index in [2.05, 4.69) is 15.5 Å². The van der Waals surface area contributed by atoms with Gasteiger partial charge in [0.05, 0.1) is 12.4 Å².